The number of nitrogens with one attached hydrogen (secondary N) is 3. The van der Waals surface area contributed by atoms with E-state index in [9.17, 15) is 32.7 Å². The fourth-order valence-corrected chi connectivity index (χ4v) is 6.04. The van der Waals surface area contributed by atoms with Crippen molar-refractivity contribution in [3.05, 3.63) is 71.8 Å². The predicted octanol–water partition coefficient (Wildman–Crippen LogP) is 7.04. The Labute approximate surface area is 311 Å². The normalized spacial score (nSPS) is 19.8. The number of alkyl halides is 3. The Morgan fingerprint density at radius 3 is 2.28 bits per heavy atom. The molecule has 2 aliphatic rings. The van der Waals surface area contributed by atoms with Crippen molar-refractivity contribution in [1.29, 1.82) is 0 Å². The van der Waals surface area contributed by atoms with E-state index in [1.54, 1.807) is 44.3 Å². The SMILES string of the molecule is C[C@H]1CCCCO[C@@H](CN(C)C(=O)Nc2ccc3c(c2)OCO3)[C@@H](C)CN([C@@H](C)CO)C(=O)c2cc(NC(=O)Nc3ccc(C(F)(F)F)cc3)ccc2O1. The number of aliphatic hydroxyl groups is 1. The third-order valence-corrected chi connectivity index (χ3v) is 9.20. The molecule has 3 aromatic rings. The van der Waals surface area contributed by atoms with Crippen LogP contribution in [0.2, 0.25) is 0 Å². The van der Waals surface area contributed by atoms with E-state index in [1.165, 1.54) is 15.9 Å². The van der Waals surface area contributed by atoms with E-state index in [0.717, 1.165) is 37.1 Å². The number of carbonyl (C=O) groups excluding carboxylic acids is 3. The van der Waals surface area contributed by atoms with Crippen LogP contribution in [0.4, 0.5) is 39.8 Å². The molecule has 3 aromatic carbocycles. The molecule has 2 aliphatic heterocycles. The Morgan fingerprint density at radius 2 is 1.57 bits per heavy atom. The van der Waals surface area contributed by atoms with E-state index in [2.05, 4.69) is 16.0 Å². The average Bonchev–Trinajstić information content (AvgIpc) is 3.60. The van der Waals surface area contributed by atoms with Crippen LogP contribution < -0.4 is 30.2 Å². The summed E-state index contributed by atoms with van der Waals surface area (Å²) in [4.78, 5) is 43.5. The smallest absolute Gasteiger partial charge is 0.416 e. The quantitative estimate of drug-likeness (QED) is 0.201. The number of aliphatic hydroxyl groups excluding tert-OH is 1. The number of fused-ring (bicyclic) bond motifs is 2. The molecule has 0 bridgehead atoms. The number of urea groups is 2. The summed E-state index contributed by atoms with van der Waals surface area (Å²) in [6.45, 7) is 6.03. The van der Waals surface area contributed by atoms with E-state index in [1.807, 2.05) is 13.8 Å². The molecule has 16 heteroatoms. The number of hydrogen-bond donors (Lipinski definition) is 4. The van der Waals surface area contributed by atoms with Crippen molar-refractivity contribution in [2.24, 2.45) is 5.92 Å². The number of nitrogens with zero attached hydrogens (tertiary/aromatic N) is 2. The van der Waals surface area contributed by atoms with Gasteiger partial charge in [-0.25, -0.2) is 9.59 Å². The highest BCUT2D eigenvalue weighted by Crippen LogP contribution is 2.35. The third-order valence-electron chi connectivity index (χ3n) is 9.20. The molecule has 5 amide bonds. The predicted molar refractivity (Wildman–Crippen MR) is 195 cm³/mol. The number of benzene rings is 3. The van der Waals surface area contributed by atoms with E-state index in [0.29, 0.717) is 30.2 Å². The molecule has 4 N–H and O–H groups in total. The Morgan fingerprint density at radius 1 is 0.926 bits per heavy atom. The van der Waals surface area contributed by atoms with Crippen molar-refractivity contribution in [3.63, 3.8) is 0 Å². The molecule has 0 aromatic heterocycles. The van der Waals surface area contributed by atoms with E-state index in [-0.39, 0.29) is 67.2 Å². The van der Waals surface area contributed by atoms with Gasteiger partial charge in [-0.1, -0.05) is 6.92 Å². The molecule has 54 heavy (non-hydrogen) atoms. The first kappa shape index (κ1) is 40.0. The fourth-order valence-electron chi connectivity index (χ4n) is 6.04. The summed E-state index contributed by atoms with van der Waals surface area (Å²) in [5.41, 5.74) is 0.181. The summed E-state index contributed by atoms with van der Waals surface area (Å²) in [6.07, 6.45) is -3.14. The molecule has 0 saturated heterocycles. The Bertz CT molecular complexity index is 1780. The second-order valence-corrected chi connectivity index (χ2v) is 13.5. The van der Waals surface area contributed by atoms with Gasteiger partial charge in [0.05, 0.1) is 36.0 Å². The van der Waals surface area contributed by atoms with Gasteiger partial charge in [0.2, 0.25) is 6.79 Å². The first-order valence-electron chi connectivity index (χ1n) is 17.7. The number of halogens is 3. The fraction of sp³-hybridized carbons (Fsp3) is 0.447. The lowest BCUT2D eigenvalue weighted by Gasteiger charge is -2.35. The standard InChI is InChI=1S/C38H46F3N5O8/c1-23-19-46(24(2)21-47)35(48)30-17-28(43-36(49)42-27-10-8-26(9-11-27)38(39,40)41)12-14-31(30)54-25(3)7-5-6-16-51-34(23)20-45(4)37(50)44-29-13-15-32-33(18-29)53-22-52-32/h8-15,17-18,23-25,34,47H,5-7,16,19-22H2,1-4H3,(H,44,50)(H2,42,43,49)/t23-,24-,25-,34-/m0/s1. The maximum Gasteiger partial charge on any atom is 0.416 e. The van der Waals surface area contributed by atoms with Crippen LogP contribution >= 0.6 is 0 Å². The molecule has 0 saturated carbocycles. The van der Waals surface area contributed by atoms with Gasteiger partial charge in [-0.05, 0) is 87.7 Å². The Balaban J connectivity index is 1.34. The monoisotopic (exact) mass is 757 g/mol. The van der Waals surface area contributed by atoms with E-state index >= 15 is 0 Å². The highest BCUT2D eigenvalue weighted by molar-refractivity contribution is 6.02. The highest BCUT2D eigenvalue weighted by Gasteiger charge is 2.32. The van der Waals surface area contributed by atoms with Crippen LogP contribution in [0.1, 0.15) is 56.0 Å². The average molecular weight is 758 g/mol. The van der Waals surface area contributed by atoms with Crippen molar-refractivity contribution >= 4 is 35.0 Å². The largest absolute Gasteiger partial charge is 0.490 e. The molecule has 13 nitrogen and oxygen atoms in total. The summed E-state index contributed by atoms with van der Waals surface area (Å²) in [5, 5.41) is 18.2. The molecule has 0 unspecified atom stereocenters. The van der Waals surface area contributed by atoms with Crippen LogP contribution in [-0.4, -0.2) is 91.3 Å². The minimum absolute atomic E-state index is 0.110. The Hall–Kier alpha value is -5.22. The number of carbonyl (C=O) groups is 3. The summed E-state index contributed by atoms with van der Waals surface area (Å²) in [5.74, 6) is 0.631. The summed E-state index contributed by atoms with van der Waals surface area (Å²) in [7, 11) is 1.65. The number of rotatable bonds is 7. The van der Waals surface area contributed by atoms with Crippen molar-refractivity contribution in [3.8, 4) is 17.2 Å². The van der Waals surface area contributed by atoms with Crippen LogP contribution in [-0.2, 0) is 10.9 Å². The van der Waals surface area contributed by atoms with Crippen LogP contribution in [0, 0.1) is 5.92 Å². The first-order valence-corrected chi connectivity index (χ1v) is 17.7. The maximum atomic E-state index is 14.4. The number of anilines is 3. The van der Waals surface area contributed by atoms with Gasteiger partial charge in [0.1, 0.15) is 5.75 Å². The second-order valence-electron chi connectivity index (χ2n) is 13.5. The zero-order chi connectivity index (χ0) is 39.0. The van der Waals surface area contributed by atoms with Gasteiger partial charge in [-0.3, -0.25) is 4.79 Å². The van der Waals surface area contributed by atoms with Gasteiger partial charge < -0.3 is 49.8 Å². The zero-order valence-electron chi connectivity index (χ0n) is 30.6. The van der Waals surface area contributed by atoms with Gasteiger partial charge in [0.15, 0.2) is 11.5 Å². The van der Waals surface area contributed by atoms with Crippen molar-refractivity contribution in [2.75, 3.05) is 56.1 Å². The van der Waals surface area contributed by atoms with Crippen LogP contribution in [0.15, 0.2) is 60.7 Å². The number of ether oxygens (including phenoxy) is 4. The van der Waals surface area contributed by atoms with Crippen molar-refractivity contribution < 1.29 is 51.6 Å². The first-order chi connectivity index (χ1) is 25.7. The molecule has 0 aliphatic carbocycles. The summed E-state index contributed by atoms with van der Waals surface area (Å²) >= 11 is 0. The van der Waals surface area contributed by atoms with Gasteiger partial charge >= 0.3 is 18.2 Å². The zero-order valence-corrected chi connectivity index (χ0v) is 30.6. The number of likely N-dealkylation sites (N-methyl/N-ethyl adjacent to an activating group) is 1. The molecule has 5 rings (SSSR count). The molecular weight excluding hydrogens is 711 g/mol. The minimum atomic E-state index is -4.52. The van der Waals surface area contributed by atoms with Gasteiger partial charge in [-0.2, -0.15) is 13.2 Å². The van der Waals surface area contributed by atoms with Gasteiger partial charge in [-0.15, -0.1) is 0 Å². The molecule has 0 fully saturated rings. The molecule has 4 atom stereocenters. The van der Waals surface area contributed by atoms with Crippen LogP contribution in [0.3, 0.4) is 0 Å². The van der Waals surface area contributed by atoms with Crippen LogP contribution in [0.25, 0.3) is 0 Å². The Kier molecular flexibility index (Phi) is 13.1. The van der Waals surface area contributed by atoms with Gasteiger partial charge in [0, 0.05) is 55.8 Å². The van der Waals surface area contributed by atoms with E-state index in [4.69, 9.17) is 18.9 Å². The number of hydrogen-bond acceptors (Lipinski definition) is 8. The topological polar surface area (TPSA) is 151 Å². The molecule has 2 heterocycles. The maximum absolute atomic E-state index is 14.4. The lowest BCUT2D eigenvalue weighted by Crippen LogP contribution is -2.48. The molecular formula is C38H46F3N5O8. The third kappa shape index (κ3) is 10.5. The molecule has 0 spiro atoms. The van der Waals surface area contributed by atoms with Gasteiger partial charge in [0.25, 0.3) is 5.91 Å². The number of amides is 5. The summed E-state index contributed by atoms with van der Waals surface area (Å²) < 4.78 is 62.3. The minimum Gasteiger partial charge on any atom is -0.490 e. The lowest BCUT2D eigenvalue weighted by atomic mass is 10.0. The van der Waals surface area contributed by atoms with Crippen LogP contribution in [0.5, 0.6) is 17.2 Å². The summed E-state index contributed by atoms with van der Waals surface area (Å²) in [6, 6.07) is 12.0. The molecule has 0 radical (unpaired) electrons. The van der Waals surface area contributed by atoms with E-state index < -0.39 is 35.8 Å². The van der Waals surface area contributed by atoms with Crippen molar-refractivity contribution in [1.82, 2.24) is 9.80 Å². The molecule has 292 valence electrons. The lowest BCUT2D eigenvalue weighted by molar-refractivity contribution is -0.137. The second kappa shape index (κ2) is 17.7. The van der Waals surface area contributed by atoms with Crippen molar-refractivity contribution in [2.45, 2.75) is 64.5 Å². The highest BCUT2D eigenvalue weighted by atomic mass is 19.4.